The molecular weight excluding hydrogens is 320 g/mol. The smallest absolute Gasteiger partial charge is 0.260 e. The van der Waals surface area contributed by atoms with Crippen molar-refractivity contribution in [3.63, 3.8) is 0 Å². The van der Waals surface area contributed by atoms with Crippen LogP contribution >= 0.6 is 0 Å². The van der Waals surface area contributed by atoms with Crippen LogP contribution in [-0.2, 0) is 6.54 Å². The highest BCUT2D eigenvalue weighted by Crippen LogP contribution is 2.23. The minimum Gasteiger partial charge on any atom is -0.292 e. The number of unbranched alkanes of at least 4 members (excludes halogenated alkanes) is 5. The number of hydrogen-bond acceptors (Lipinski definition) is 2. The molecule has 2 heterocycles. The monoisotopic (exact) mass is 348 g/mol. The molecule has 26 heavy (non-hydrogen) atoms. The molecule has 0 aliphatic heterocycles. The van der Waals surface area contributed by atoms with Gasteiger partial charge in [0, 0.05) is 23.7 Å². The molecule has 0 spiro atoms. The van der Waals surface area contributed by atoms with Crippen molar-refractivity contribution in [1.82, 2.24) is 9.55 Å². The standard InChI is InChI=1S/C23H28N2O/c1-3-4-5-6-7-10-16-25-22-19(13-11-15-24-22)17-21(23(25)26)20-14-9-8-12-18(20)2/h8-9,11-15,17H,3-7,10,16H2,1-2H3. The highest BCUT2D eigenvalue weighted by Gasteiger charge is 2.13. The zero-order chi connectivity index (χ0) is 18.4. The number of nitrogens with zero attached hydrogens (tertiary/aromatic N) is 2. The number of aryl methyl sites for hydroxylation is 2. The average Bonchev–Trinajstić information content (AvgIpc) is 2.66. The molecule has 0 atom stereocenters. The molecule has 0 saturated heterocycles. The Kier molecular flexibility index (Phi) is 6.21. The SMILES string of the molecule is CCCCCCCCn1c(=O)c(-c2ccccc2C)cc2cccnc21. The number of benzene rings is 1. The fraction of sp³-hybridized carbons (Fsp3) is 0.391. The topological polar surface area (TPSA) is 34.9 Å². The summed E-state index contributed by atoms with van der Waals surface area (Å²) in [5, 5.41) is 1.02. The Bertz CT molecular complexity index is 927. The van der Waals surface area contributed by atoms with Crippen LogP contribution in [0, 0.1) is 6.92 Å². The lowest BCUT2D eigenvalue weighted by atomic mass is 10.0. The predicted molar refractivity (Wildman–Crippen MR) is 110 cm³/mol. The molecule has 0 aliphatic carbocycles. The van der Waals surface area contributed by atoms with Crippen molar-refractivity contribution in [2.45, 2.75) is 58.9 Å². The Labute approximate surface area is 155 Å². The molecule has 3 heteroatoms. The number of hydrogen-bond donors (Lipinski definition) is 0. The van der Waals surface area contributed by atoms with Crippen molar-refractivity contribution in [2.75, 3.05) is 0 Å². The Hall–Kier alpha value is -2.42. The minimum atomic E-state index is 0.0686. The fourth-order valence-corrected chi connectivity index (χ4v) is 3.53. The average molecular weight is 348 g/mol. The lowest BCUT2D eigenvalue weighted by molar-refractivity contribution is 0.557. The molecule has 0 N–H and O–H groups in total. The molecular formula is C23H28N2O. The molecule has 3 rings (SSSR count). The van der Waals surface area contributed by atoms with E-state index in [-0.39, 0.29) is 5.56 Å². The van der Waals surface area contributed by atoms with Gasteiger partial charge >= 0.3 is 0 Å². The first-order valence-electron chi connectivity index (χ1n) is 9.77. The summed E-state index contributed by atoms with van der Waals surface area (Å²) < 4.78 is 1.87. The maximum absolute atomic E-state index is 13.2. The number of pyridine rings is 2. The van der Waals surface area contributed by atoms with Crippen molar-refractivity contribution in [3.05, 3.63) is 64.6 Å². The van der Waals surface area contributed by atoms with Gasteiger partial charge in [-0.3, -0.25) is 9.36 Å². The van der Waals surface area contributed by atoms with E-state index in [9.17, 15) is 4.79 Å². The van der Waals surface area contributed by atoms with Crippen LogP contribution in [0.15, 0.2) is 53.5 Å². The molecule has 0 radical (unpaired) electrons. The zero-order valence-electron chi connectivity index (χ0n) is 15.9. The first-order valence-corrected chi connectivity index (χ1v) is 9.77. The molecule has 0 bridgehead atoms. The van der Waals surface area contributed by atoms with E-state index >= 15 is 0 Å². The number of aromatic nitrogens is 2. The first-order chi connectivity index (χ1) is 12.7. The maximum atomic E-state index is 13.2. The molecule has 1 aromatic carbocycles. The van der Waals surface area contributed by atoms with Crippen LogP contribution in [0.3, 0.4) is 0 Å². The summed E-state index contributed by atoms with van der Waals surface area (Å²) in [4.78, 5) is 17.7. The molecule has 0 amide bonds. The van der Waals surface area contributed by atoms with Gasteiger partial charge in [-0.1, -0.05) is 63.3 Å². The highest BCUT2D eigenvalue weighted by atomic mass is 16.1. The van der Waals surface area contributed by atoms with Gasteiger partial charge in [-0.25, -0.2) is 4.98 Å². The molecule has 136 valence electrons. The largest absolute Gasteiger partial charge is 0.292 e. The zero-order valence-corrected chi connectivity index (χ0v) is 15.9. The van der Waals surface area contributed by atoms with Gasteiger partial charge in [0.2, 0.25) is 0 Å². The second-order valence-corrected chi connectivity index (χ2v) is 7.01. The van der Waals surface area contributed by atoms with Crippen molar-refractivity contribution in [1.29, 1.82) is 0 Å². The van der Waals surface area contributed by atoms with E-state index in [2.05, 4.69) is 24.9 Å². The van der Waals surface area contributed by atoms with Crippen LogP contribution in [0.5, 0.6) is 0 Å². The summed E-state index contributed by atoms with van der Waals surface area (Å²) in [5.41, 5.74) is 3.77. The van der Waals surface area contributed by atoms with Crippen LogP contribution < -0.4 is 5.56 Å². The van der Waals surface area contributed by atoms with Crippen molar-refractivity contribution < 1.29 is 0 Å². The van der Waals surface area contributed by atoms with Gasteiger partial charge in [-0.2, -0.15) is 0 Å². The highest BCUT2D eigenvalue weighted by molar-refractivity contribution is 5.82. The fourth-order valence-electron chi connectivity index (χ4n) is 3.53. The molecule has 2 aromatic heterocycles. The summed E-state index contributed by atoms with van der Waals surface area (Å²) in [6.07, 6.45) is 9.04. The Balaban J connectivity index is 1.95. The number of rotatable bonds is 8. The third-order valence-corrected chi connectivity index (χ3v) is 5.02. The van der Waals surface area contributed by atoms with Crippen LogP contribution in [0.1, 0.15) is 51.0 Å². The molecule has 0 fully saturated rings. The summed E-state index contributed by atoms with van der Waals surface area (Å²) in [6, 6.07) is 14.1. The lowest BCUT2D eigenvalue weighted by Gasteiger charge is -2.13. The molecule has 0 saturated carbocycles. The van der Waals surface area contributed by atoms with Gasteiger partial charge in [0.05, 0.1) is 0 Å². The van der Waals surface area contributed by atoms with Gasteiger partial charge in [0.25, 0.3) is 5.56 Å². The quantitative estimate of drug-likeness (QED) is 0.487. The van der Waals surface area contributed by atoms with E-state index in [0.29, 0.717) is 0 Å². The Morgan fingerprint density at radius 1 is 0.923 bits per heavy atom. The van der Waals surface area contributed by atoms with Crippen LogP contribution in [-0.4, -0.2) is 9.55 Å². The van der Waals surface area contributed by atoms with E-state index in [1.54, 1.807) is 6.20 Å². The van der Waals surface area contributed by atoms with E-state index in [4.69, 9.17) is 0 Å². The molecule has 3 nitrogen and oxygen atoms in total. The van der Waals surface area contributed by atoms with Crippen LogP contribution in [0.4, 0.5) is 0 Å². The summed E-state index contributed by atoms with van der Waals surface area (Å²) in [6.45, 7) is 5.02. The predicted octanol–water partition coefficient (Wildman–Crippen LogP) is 5.73. The van der Waals surface area contributed by atoms with Gasteiger partial charge in [-0.05, 0) is 42.7 Å². The van der Waals surface area contributed by atoms with Crippen molar-refractivity contribution >= 4 is 11.0 Å². The van der Waals surface area contributed by atoms with Gasteiger partial charge < -0.3 is 0 Å². The lowest BCUT2D eigenvalue weighted by Crippen LogP contribution is -2.23. The minimum absolute atomic E-state index is 0.0686. The second kappa shape index (κ2) is 8.79. The van der Waals surface area contributed by atoms with E-state index in [1.165, 1.54) is 25.7 Å². The van der Waals surface area contributed by atoms with E-state index < -0.39 is 0 Å². The maximum Gasteiger partial charge on any atom is 0.260 e. The first kappa shape index (κ1) is 18.4. The molecule has 0 unspecified atom stereocenters. The van der Waals surface area contributed by atoms with Crippen molar-refractivity contribution in [2.24, 2.45) is 0 Å². The Morgan fingerprint density at radius 3 is 2.50 bits per heavy atom. The third kappa shape index (κ3) is 4.04. The van der Waals surface area contributed by atoms with Crippen LogP contribution in [0.2, 0.25) is 0 Å². The summed E-state index contributed by atoms with van der Waals surface area (Å²) >= 11 is 0. The van der Waals surface area contributed by atoms with Gasteiger partial charge in [-0.15, -0.1) is 0 Å². The van der Waals surface area contributed by atoms with Gasteiger partial charge in [0.1, 0.15) is 5.65 Å². The molecule has 3 aromatic rings. The van der Waals surface area contributed by atoms with E-state index in [0.717, 1.165) is 47.1 Å². The number of fused-ring (bicyclic) bond motifs is 1. The normalized spacial score (nSPS) is 11.2. The second-order valence-electron chi connectivity index (χ2n) is 7.01. The third-order valence-electron chi connectivity index (χ3n) is 5.02. The summed E-state index contributed by atoms with van der Waals surface area (Å²) in [5.74, 6) is 0. The Morgan fingerprint density at radius 2 is 1.69 bits per heavy atom. The van der Waals surface area contributed by atoms with E-state index in [1.807, 2.05) is 41.0 Å². The van der Waals surface area contributed by atoms with Crippen molar-refractivity contribution in [3.8, 4) is 11.1 Å². The van der Waals surface area contributed by atoms with Crippen LogP contribution in [0.25, 0.3) is 22.2 Å². The summed E-state index contributed by atoms with van der Waals surface area (Å²) in [7, 11) is 0. The van der Waals surface area contributed by atoms with Gasteiger partial charge in [0.15, 0.2) is 0 Å². The molecule has 0 aliphatic rings.